The zero-order chi connectivity index (χ0) is 26.6. The second kappa shape index (κ2) is 11.1. The number of rotatable bonds is 7. The smallest absolute Gasteiger partial charge is 0.253 e. The van der Waals surface area contributed by atoms with Crippen molar-refractivity contribution in [2.24, 2.45) is 0 Å². The van der Waals surface area contributed by atoms with Crippen LogP contribution in [0.4, 0.5) is 4.39 Å². The minimum absolute atomic E-state index is 0.136. The highest BCUT2D eigenvalue weighted by atomic mass is 35.5. The van der Waals surface area contributed by atoms with Crippen molar-refractivity contribution in [3.63, 3.8) is 0 Å². The van der Waals surface area contributed by atoms with Gasteiger partial charge in [0.05, 0.1) is 29.4 Å². The lowest BCUT2D eigenvalue weighted by atomic mass is 9.95. The van der Waals surface area contributed by atoms with E-state index in [9.17, 15) is 9.18 Å². The highest BCUT2D eigenvalue weighted by Gasteiger charge is 2.23. The highest BCUT2D eigenvalue weighted by molar-refractivity contribution is 6.33. The van der Waals surface area contributed by atoms with Gasteiger partial charge in [0.25, 0.3) is 5.91 Å². The molecule has 2 aromatic heterocycles. The van der Waals surface area contributed by atoms with Crippen LogP contribution in [0.5, 0.6) is 0 Å². The minimum atomic E-state index is -0.596. The number of hydrogen-bond donors (Lipinski definition) is 2. The lowest BCUT2D eigenvalue weighted by Crippen LogP contribution is -2.28. The Bertz CT molecular complexity index is 1590. The summed E-state index contributed by atoms with van der Waals surface area (Å²) in [6.45, 7) is 1.72. The van der Waals surface area contributed by atoms with Gasteiger partial charge in [0, 0.05) is 32.3 Å². The molecule has 2 N–H and O–H groups in total. The Morgan fingerprint density at radius 2 is 1.74 bits per heavy atom. The van der Waals surface area contributed by atoms with Crippen LogP contribution in [-0.4, -0.2) is 31.5 Å². The van der Waals surface area contributed by atoms with Gasteiger partial charge < -0.3 is 5.32 Å². The van der Waals surface area contributed by atoms with E-state index >= 15 is 0 Å². The second-order valence-electron chi connectivity index (χ2n) is 8.59. The number of carbonyl (C=O) groups is 1. The van der Waals surface area contributed by atoms with E-state index in [2.05, 4.69) is 25.9 Å². The molecule has 38 heavy (non-hydrogen) atoms. The van der Waals surface area contributed by atoms with E-state index in [4.69, 9.17) is 28.2 Å². The van der Waals surface area contributed by atoms with E-state index in [1.807, 2.05) is 30.3 Å². The Hall–Kier alpha value is -4.14. The van der Waals surface area contributed by atoms with E-state index in [0.717, 1.165) is 5.56 Å². The van der Waals surface area contributed by atoms with Crippen molar-refractivity contribution < 1.29 is 9.18 Å². The fourth-order valence-electron chi connectivity index (χ4n) is 4.18. The van der Waals surface area contributed by atoms with Crippen molar-refractivity contribution in [1.29, 1.82) is 0 Å². The fourth-order valence-corrected chi connectivity index (χ4v) is 4.54. The predicted molar refractivity (Wildman–Crippen MR) is 144 cm³/mol. The standard InChI is InChI=1S/C28H21Cl2FN6O/c1-16(19-6-3-5-9-24(19)31)32-28(38)22-14-21(20-7-2-4-8-23(20)30)27(17-10-12-18(29)13-11-17)33-25(22)15-26-34-36-37-35-26/h2-14,16H,15H2,1H3,(H,32,38)(H,34,35,36,37)/t16-/m1/s1. The molecule has 0 aliphatic rings. The number of carbonyl (C=O) groups excluding carboxylic acids is 1. The molecule has 0 unspecified atom stereocenters. The van der Waals surface area contributed by atoms with Crippen LogP contribution in [0.3, 0.4) is 0 Å². The molecule has 0 radical (unpaired) electrons. The quantitative estimate of drug-likeness (QED) is 0.244. The molecule has 0 saturated heterocycles. The topological polar surface area (TPSA) is 96.5 Å². The first-order valence-corrected chi connectivity index (χ1v) is 12.5. The predicted octanol–water partition coefficient (Wildman–Crippen LogP) is 6.46. The van der Waals surface area contributed by atoms with E-state index in [0.29, 0.717) is 43.9 Å². The van der Waals surface area contributed by atoms with Crippen LogP contribution < -0.4 is 5.32 Å². The number of tetrazole rings is 1. The molecular weight excluding hydrogens is 526 g/mol. The number of pyridine rings is 1. The molecule has 1 amide bonds. The van der Waals surface area contributed by atoms with E-state index < -0.39 is 17.8 Å². The molecule has 0 bridgehead atoms. The maximum Gasteiger partial charge on any atom is 0.253 e. The van der Waals surface area contributed by atoms with Crippen LogP contribution in [0.1, 0.15) is 40.4 Å². The molecule has 0 fully saturated rings. The average Bonchev–Trinajstić information content (AvgIpc) is 3.43. The van der Waals surface area contributed by atoms with Crippen LogP contribution in [-0.2, 0) is 6.42 Å². The number of hydrogen-bond acceptors (Lipinski definition) is 5. The van der Waals surface area contributed by atoms with Gasteiger partial charge in [-0.2, -0.15) is 5.21 Å². The Labute approximate surface area is 228 Å². The summed E-state index contributed by atoms with van der Waals surface area (Å²) in [4.78, 5) is 18.6. The molecular formula is C28H21Cl2FN6O. The summed E-state index contributed by atoms with van der Waals surface area (Å²) in [5.74, 6) is -0.468. The molecule has 0 saturated carbocycles. The summed E-state index contributed by atoms with van der Waals surface area (Å²) < 4.78 is 14.4. The number of aromatic nitrogens is 5. The summed E-state index contributed by atoms with van der Waals surface area (Å²) in [5, 5.41) is 18.1. The third-order valence-electron chi connectivity index (χ3n) is 6.06. The molecule has 0 spiro atoms. The zero-order valence-electron chi connectivity index (χ0n) is 20.1. The largest absolute Gasteiger partial charge is 0.345 e. The van der Waals surface area contributed by atoms with Gasteiger partial charge in [-0.3, -0.25) is 9.78 Å². The third kappa shape index (κ3) is 5.41. The lowest BCUT2D eigenvalue weighted by molar-refractivity contribution is 0.0938. The van der Waals surface area contributed by atoms with Gasteiger partial charge in [0.1, 0.15) is 5.82 Å². The van der Waals surface area contributed by atoms with Crippen LogP contribution in [0.15, 0.2) is 78.9 Å². The fraction of sp³-hybridized carbons (Fsp3) is 0.107. The van der Waals surface area contributed by atoms with Gasteiger partial charge >= 0.3 is 0 Å². The maximum atomic E-state index is 14.4. The van der Waals surface area contributed by atoms with Crippen molar-refractivity contribution in [2.45, 2.75) is 19.4 Å². The molecule has 1 atom stereocenters. The molecule has 3 aromatic carbocycles. The summed E-state index contributed by atoms with van der Waals surface area (Å²) in [7, 11) is 0. The second-order valence-corrected chi connectivity index (χ2v) is 9.43. The first-order chi connectivity index (χ1) is 18.4. The van der Waals surface area contributed by atoms with Crippen molar-refractivity contribution in [1.82, 2.24) is 30.9 Å². The number of amides is 1. The number of halogens is 3. The van der Waals surface area contributed by atoms with Gasteiger partial charge in [-0.05, 0) is 37.3 Å². The Kier molecular flexibility index (Phi) is 7.44. The summed E-state index contributed by atoms with van der Waals surface area (Å²) >= 11 is 12.7. The molecule has 7 nitrogen and oxygen atoms in total. The minimum Gasteiger partial charge on any atom is -0.345 e. The summed E-state index contributed by atoms with van der Waals surface area (Å²) in [5.41, 5.74) is 3.82. The van der Waals surface area contributed by atoms with Crippen molar-refractivity contribution in [2.75, 3.05) is 0 Å². The van der Waals surface area contributed by atoms with Crippen molar-refractivity contribution in [3.8, 4) is 22.4 Å². The molecule has 5 rings (SSSR count). The van der Waals surface area contributed by atoms with E-state index in [1.54, 1.807) is 49.4 Å². The number of benzene rings is 3. The molecule has 0 aliphatic heterocycles. The SMILES string of the molecule is C[C@@H](NC(=O)c1cc(-c2ccccc2Cl)c(-c2ccc(Cl)cc2)nc1Cc1nn[nH]n1)c1ccccc1F. The molecule has 10 heteroatoms. The van der Waals surface area contributed by atoms with Gasteiger partial charge in [0.2, 0.25) is 0 Å². The van der Waals surface area contributed by atoms with Gasteiger partial charge in [-0.25, -0.2) is 4.39 Å². The van der Waals surface area contributed by atoms with Gasteiger partial charge in [-0.1, -0.05) is 76.9 Å². The lowest BCUT2D eigenvalue weighted by Gasteiger charge is -2.19. The summed E-state index contributed by atoms with van der Waals surface area (Å²) in [6, 6.07) is 22.0. The molecule has 2 heterocycles. The Morgan fingerprint density at radius 3 is 2.45 bits per heavy atom. The number of nitrogens with one attached hydrogen (secondary N) is 2. The molecule has 190 valence electrons. The monoisotopic (exact) mass is 546 g/mol. The van der Waals surface area contributed by atoms with E-state index in [1.165, 1.54) is 6.07 Å². The van der Waals surface area contributed by atoms with Crippen LogP contribution in [0.2, 0.25) is 10.0 Å². The van der Waals surface area contributed by atoms with Crippen LogP contribution in [0, 0.1) is 5.82 Å². The Morgan fingerprint density at radius 1 is 1.00 bits per heavy atom. The van der Waals surface area contributed by atoms with Crippen molar-refractivity contribution >= 4 is 29.1 Å². The number of nitrogens with zero attached hydrogens (tertiary/aromatic N) is 4. The number of aromatic amines is 1. The van der Waals surface area contributed by atoms with Crippen LogP contribution >= 0.6 is 23.2 Å². The summed E-state index contributed by atoms with van der Waals surface area (Å²) in [6.07, 6.45) is 0.136. The average molecular weight is 547 g/mol. The number of H-pyrrole nitrogens is 1. The normalized spacial score (nSPS) is 11.8. The highest BCUT2D eigenvalue weighted by Crippen LogP contribution is 2.37. The maximum absolute atomic E-state index is 14.4. The van der Waals surface area contributed by atoms with Gasteiger partial charge in [0.15, 0.2) is 5.82 Å². The third-order valence-corrected chi connectivity index (χ3v) is 6.64. The molecule has 0 aliphatic carbocycles. The first-order valence-electron chi connectivity index (χ1n) is 11.7. The first kappa shape index (κ1) is 25.5. The molecule has 5 aromatic rings. The van der Waals surface area contributed by atoms with E-state index in [-0.39, 0.29) is 12.0 Å². The van der Waals surface area contributed by atoms with Crippen molar-refractivity contribution in [3.05, 3.63) is 117 Å². The Balaban J connectivity index is 1.66. The van der Waals surface area contributed by atoms with Gasteiger partial charge in [-0.15, -0.1) is 10.2 Å². The van der Waals surface area contributed by atoms with Crippen LogP contribution in [0.25, 0.3) is 22.4 Å². The zero-order valence-corrected chi connectivity index (χ0v) is 21.6.